The third-order valence-corrected chi connectivity index (χ3v) is 15.0. The Hall–Kier alpha value is -2.99. The van der Waals surface area contributed by atoms with E-state index in [9.17, 15) is 30.3 Å². The summed E-state index contributed by atoms with van der Waals surface area (Å²) >= 11 is 0. The van der Waals surface area contributed by atoms with Crippen LogP contribution < -0.4 is 10.6 Å². The second-order valence-electron chi connectivity index (χ2n) is 19.2. The summed E-state index contributed by atoms with van der Waals surface area (Å²) in [7, 11) is 3.57. The average Bonchev–Trinajstić information content (AvgIpc) is 3.58. The lowest BCUT2D eigenvalue weighted by Crippen LogP contribution is -2.65. The fraction of sp³-hybridized carbons (Fsp3) is 0.635. The number of methoxy groups -OCH3 is 1. The van der Waals surface area contributed by atoms with Crippen molar-refractivity contribution in [2.24, 2.45) is 35.0 Å². The molecule has 0 amide bonds. The van der Waals surface area contributed by atoms with Crippen molar-refractivity contribution in [3.05, 3.63) is 106 Å². The molecule has 1 aromatic carbocycles. The number of rotatable bonds is 18. The fourth-order valence-corrected chi connectivity index (χ4v) is 11.6. The molecule has 11 unspecified atom stereocenters. The van der Waals surface area contributed by atoms with E-state index in [1.807, 2.05) is 39.1 Å². The van der Waals surface area contributed by atoms with Crippen LogP contribution in [-0.4, -0.2) is 95.3 Å². The van der Waals surface area contributed by atoms with Crippen LogP contribution in [0.3, 0.4) is 0 Å². The summed E-state index contributed by atoms with van der Waals surface area (Å²) in [6.07, 6.45) is 19.4. The Morgan fingerprint density at radius 2 is 1.93 bits per heavy atom. The average molecular weight is 843 g/mol. The van der Waals surface area contributed by atoms with E-state index in [0.717, 1.165) is 67.1 Å². The molecule has 338 valence electrons. The van der Waals surface area contributed by atoms with Crippen LogP contribution in [0.1, 0.15) is 109 Å². The number of unbranched alkanes of at least 4 members (excludes halogenated alkanes) is 2. The molecule has 7 N–H and O–H groups in total. The summed E-state index contributed by atoms with van der Waals surface area (Å²) in [6, 6.07) is 8.68. The molecule has 9 heteroatoms. The van der Waals surface area contributed by atoms with Gasteiger partial charge in [0.05, 0.1) is 17.8 Å². The third kappa shape index (κ3) is 11.0. The molecular weight excluding hydrogens is 765 g/mol. The Bertz CT molecular complexity index is 1800. The van der Waals surface area contributed by atoms with Gasteiger partial charge >= 0.3 is 0 Å². The lowest BCUT2D eigenvalue weighted by atomic mass is 9.45. The maximum atomic E-state index is 13.0. The van der Waals surface area contributed by atoms with Gasteiger partial charge in [-0.25, -0.2) is 0 Å². The van der Waals surface area contributed by atoms with Crippen LogP contribution >= 0.6 is 0 Å². The number of carbonyl (C=O) groups is 1. The summed E-state index contributed by atoms with van der Waals surface area (Å²) in [5.41, 5.74) is 3.96. The minimum absolute atomic E-state index is 0.0440. The number of aliphatic hydroxyl groups is 5. The van der Waals surface area contributed by atoms with Gasteiger partial charge in [-0.2, -0.15) is 0 Å². The zero-order valence-corrected chi connectivity index (χ0v) is 38.0. The molecule has 1 aliphatic heterocycles. The first-order valence-corrected chi connectivity index (χ1v) is 23.2. The zero-order valence-electron chi connectivity index (χ0n) is 38.0. The summed E-state index contributed by atoms with van der Waals surface area (Å²) < 4.78 is 5.43. The smallest absolute Gasteiger partial charge is 0.145 e. The van der Waals surface area contributed by atoms with E-state index < -0.39 is 35.4 Å². The predicted molar refractivity (Wildman–Crippen MR) is 246 cm³/mol. The van der Waals surface area contributed by atoms with Crippen LogP contribution in [0.25, 0.3) is 0 Å². The van der Waals surface area contributed by atoms with Gasteiger partial charge in [0.1, 0.15) is 12.5 Å². The molecule has 61 heavy (non-hydrogen) atoms. The number of ether oxygens (including phenoxy) is 1. The number of nitrogens with one attached hydrogen (secondary N) is 2. The molecule has 0 saturated heterocycles. The first kappa shape index (κ1) is 49.0. The number of hydrogen-bond acceptors (Lipinski definition) is 9. The van der Waals surface area contributed by atoms with Gasteiger partial charge in [-0.3, -0.25) is 10.1 Å². The standard InChI is InChI=1S/C52H78N2O7/c1-8-9-10-17-45(57)43(16-11-13-35(2)41-19-18-36(3)49(59)54-50(5,26-29-61-7)32-39-15-12-14-38(30-39)31-41)44-22-24-52(48(44)58)47-40(23-28-55)20-21-42(46(47)37(4)34-56)33-51(52,60)25-27-53-6/h11-16,18,20-21,30,34,40-42,44-45,47-49,53-55,57-60H,2,8-10,17,19,22-29,31-33H2,1,3-7H3. The maximum Gasteiger partial charge on any atom is 0.145 e. The number of carbonyl (C=O) groups excluding carboxylic acids is 1. The van der Waals surface area contributed by atoms with E-state index in [2.05, 4.69) is 73.6 Å². The number of allylic oxidation sites excluding steroid dienone is 9. The SMILES string of the molecule is C=C(C=CC=C(C(O)CCCCC)C1CCC2(C1O)C1C(=C(C)C=O)C(C=CC1CCO)CC2(O)CCNC)C1CC=C(C)C(O)NC(C)(CCOC)Cc2cccc(c2)C1. The van der Waals surface area contributed by atoms with Gasteiger partial charge in [0.25, 0.3) is 0 Å². The van der Waals surface area contributed by atoms with Crippen LogP contribution in [0.5, 0.6) is 0 Å². The van der Waals surface area contributed by atoms with E-state index in [4.69, 9.17) is 4.74 Å². The van der Waals surface area contributed by atoms with Gasteiger partial charge in [0.2, 0.25) is 0 Å². The topological polar surface area (TPSA) is 152 Å². The number of fused-ring (bicyclic) bond motifs is 5. The van der Waals surface area contributed by atoms with E-state index in [0.29, 0.717) is 63.7 Å². The molecule has 1 spiro atoms. The second-order valence-corrected chi connectivity index (χ2v) is 19.2. The lowest BCUT2D eigenvalue weighted by Gasteiger charge is -2.61. The third-order valence-electron chi connectivity index (χ3n) is 15.0. The minimum atomic E-state index is -1.25. The number of aliphatic hydroxyl groups excluding tert-OH is 4. The fourth-order valence-electron chi connectivity index (χ4n) is 11.6. The largest absolute Gasteiger partial charge is 0.396 e. The van der Waals surface area contributed by atoms with Crippen LogP contribution in [0.4, 0.5) is 0 Å². The first-order chi connectivity index (χ1) is 29.2. The van der Waals surface area contributed by atoms with Crippen LogP contribution in [0.2, 0.25) is 0 Å². The molecule has 0 radical (unpaired) electrons. The van der Waals surface area contributed by atoms with Crippen molar-refractivity contribution in [1.82, 2.24) is 10.6 Å². The monoisotopic (exact) mass is 843 g/mol. The number of aldehydes is 1. The molecule has 1 heterocycles. The van der Waals surface area contributed by atoms with E-state index in [1.165, 1.54) is 11.1 Å². The van der Waals surface area contributed by atoms with Gasteiger partial charge in [0, 0.05) is 43.1 Å². The van der Waals surface area contributed by atoms with E-state index in [-0.39, 0.29) is 35.8 Å². The van der Waals surface area contributed by atoms with Gasteiger partial charge in [0.15, 0.2) is 0 Å². The normalized spacial score (nSPS) is 34.5. The highest BCUT2D eigenvalue weighted by Gasteiger charge is 2.68. The lowest BCUT2D eigenvalue weighted by molar-refractivity contribution is -0.194. The highest BCUT2D eigenvalue weighted by molar-refractivity contribution is 5.74. The molecule has 5 rings (SSSR count). The van der Waals surface area contributed by atoms with Crippen molar-refractivity contribution in [3.8, 4) is 0 Å². The molecule has 2 saturated carbocycles. The van der Waals surface area contributed by atoms with Crippen LogP contribution in [0.15, 0.2) is 95.2 Å². The Morgan fingerprint density at radius 3 is 2.64 bits per heavy atom. The summed E-state index contributed by atoms with van der Waals surface area (Å²) in [4.78, 5) is 12.5. The van der Waals surface area contributed by atoms with Crippen molar-refractivity contribution in [2.75, 3.05) is 33.9 Å². The second kappa shape index (κ2) is 22.1. The molecule has 0 aromatic heterocycles. The van der Waals surface area contributed by atoms with Gasteiger partial charge < -0.3 is 35.6 Å². The van der Waals surface area contributed by atoms with Crippen molar-refractivity contribution in [2.45, 2.75) is 141 Å². The van der Waals surface area contributed by atoms with E-state index >= 15 is 0 Å². The van der Waals surface area contributed by atoms with Gasteiger partial charge in [-0.1, -0.05) is 105 Å². The van der Waals surface area contributed by atoms with Crippen LogP contribution in [0, 0.1) is 35.0 Å². The maximum absolute atomic E-state index is 13.0. The highest BCUT2D eigenvalue weighted by Crippen LogP contribution is 2.67. The van der Waals surface area contributed by atoms with Crippen molar-refractivity contribution in [1.29, 1.82) is 0 Å². The zero-order chi connectivity index (χ0) is 44.4. The Kier molecular flexibility index (Phi) is 17.7. The van der Waals surface area contributed by atoms with E-state index in [1.54, 1.807) is 7.11 Å². The Morgan fingerprint density at radius 1 is 1.16 bits per heavy atom. The summed E-state index contributed by atoms with van der Waals surface area (Å²) in [5.74, 6) is -1.01. The minimum Gasteiger partial charge on any atom is -0.396 e. The van der Waals surface area contributed by atoms with Crippen molar-refractivity contribution < 1.29 is 35.1 Å². The molecule has 11 atom stereocenters. The number of hydrogen-bond donors (Lipinski definition) is 7. The molecule has 9 nitrogen and oxygen atoms in total. The predicted octanol–water partition coefficient (Wildman–Crippen LogP) is 7.24. The number of benzene rings is 1. The summed E-state index contributed by atoms with van der Waals surface area (Å²) in [6.45, 7) is 13.8. The summed E-state index contributed by atoms with van der Waals surface area (Å²) in [5, 5.41) is 66.3. The molecule has 4 aliphatic rings. The van der Waals surface area contributed by atoms with Crippen molar-refractivity contribution in [3.63, 3.8) is 0 Å². The Balaban J connectivity index is 1.51. The van der Waals surface area contributed by atoms with Crippen molar-refractivity contribution >= 4 is 6.29 Å². The van der Waals surface area contributed by atoms with Crippen LogP contribution in [-0.2, 0) is 22.4 Å². The highest BCUT2D eigenvalue weighted by atomic mass is 16.5. The van der Waals surface area contributed by atoms with Gasteiger partial charge in [-0.15, -0.1) is 0 Å². The molecule has 2 fully saturated rings. The molecular formula is C52H78N2O7. The Labute approximate surface area is 366 Å². The molecule has 1 aromatic rings. The van der Waals surface area contributed by atoms with Gasteiger partial charge in [-0.05, 0) is 144 Å². The molecule has 3 aliphatic carbocycles. The quantitative estimate of drug-likeness (QED) is 0.0267. The first-order valence-electron chi connectivity index (χ1n) is 23.2. The molecule has 4 bridgehead atoms.